The minimum Gasteiger partial charge on any atom is -0.342 e. The molecule has 3 heteroatoms. The van der Waals surface area contributed by atoms with Gasteiger partial charge in [0.25, 0.3) is 0 Å². The molecule has 0 spiro atoms. The fourth-order valence-electron chi connectivity index (χ4n) is 2.07. The number of hydrogen-bond acceptors (Lipinski definition) is 2. The molecule has 0 aromatic carbocycles. The van der Waals surface area contributed by atoms with Crippen molar-refractivity contribution >= 4 is 5.91 Å². The molecule has 0 aliphatic carbocycles. The van der Waals surface area contributed by atoms with E-state index in [2.05, 4.69) is 13.8 Å². The molecule has 1 heterocycles. The maximum Gasteiger partial charge on any atom is 0.222 e. The van der Waals surface area contributed by atoms with Crippen molar-refractivity contribution in [2.75, 3.05) is 13.1 Å². The van der Waals surface area contributed by atoms with E-state index in [1.54, 1.807) is 0 Å². The Hall–Kier alpha value is -0.570. The van der Waals surface area contributed by atoms with Crippen LogP contribution in [0.3, 0.4) is 0 Å². The van der Waals surface area contributed by atoms with Crippen LogP contribution < -0.4 is 5.73 Å². The number of carbonyl (C=O) groups excluding carboxylic acids is 1. The zero-order chi connectivity index (χ0) is 11.4. The third-order valence-electron chi connectivity index (χ3n) is 3.27. The maximum absolute atomic E-state index is 11.7. The number of amides is 1. The fraction of sp³-hybridized carbons (Fsp3) is 0.917. The maximum atomic E-state index is 11.7. The van der Waals surface area contributed by atoms with Crippen LogP contribution in [0.1, 0.15) is 40.0 Å². The van der Waals surface area contributed by atoms with Crippen molar-refractivity contribution in [3.63, 3.8) is 0 Å². The molecule has 0 aromatic heterocycles. The van der Waals surface area contributed by atoms with Crippen LogP contribution in [0.15, 0.2) is 0 Å². The zero-order valence-electron chi connectivity index (χ0n) is 10.2. The van der Waals surface area contributed by atoms with E-state index in [-0.39, 0.29) is 6.04 Å². The van der Waals surface area contributed by atoms with Crippen LogP contribution in [0, 0.1) is 11.8 Å². The summed E-state index contributed by atoms with van der Waals surface area (Å²) in [5.41, 5.74) is 5.68. The molecular formula is C12H24N2O. The standard InChI is InChI=1S/C12H24N2O/c1-9(2)11-7-12(15)14(8-11)6-4-5-10(3)13/h9-11H,4-8,13H2,1-3H3. The molecule has 0 bridgehead atoms. The minimum atomic E-state index is 0.253. The average molecular weight is 212 g/mol. The summed E-state index contributed by atoms with van der Waals surface area (Å²) in [5.74, 6) is 1.51. The lowest BCUT2D eigenvalue weighted by Gasteiger charge is -2.18. The summed E-state index contributed by atoms with van der Waals surface area (Å²) in [4.78, 5) is 13.7. The zero-order valence-corrected chi connectivity index (χ0v) is 10.2. The summed E-state index contributed by atoms with van der Waals surface area (Å²) < 4.78 is 0. The minimum absolute atomic E-state index is 0.253. The van der Waals surface area contributed by atoms with Crippen molar-refractivity contribution in [2.45, 2.75) is 46.1 Å². The summed E-state index contributed by atoms with van der Waals surface area (Å²) in [6.07, 6.45) is 2.79. The molecule has 3 nitrogen and oxygen atoms in total. The second kappa shape index (κ2) is 5.50. The molecule has 2 unspecified atom stereocenters. The first-order chi connectivity index (χ1) is 7.00. The highest BCUT2D eigenvalue weighted by Crippen LogP contribution is 2.24. The van der Waals surface area contributed by atoms with Crippen LogP contribution >= 0.6 is 0 Å². The molecule has 1 aliphatic heterocycles. The van der Waals surface area contributed by atoms with Crippen LogP contribution in [0.2, 0.25) is 0 Å². The Bertz CT molecular complexity index is 214. The van der Waals surface area contributed by atoms with Gasteiger partial charge in [-0.3, -0.25) is 4.79 Å². The van der Waals surface area contributed by atoms with Gasteiger partial charge in [0.1, 0.15) is 0 Å². The van der Waals surface area contributed by atoms with Crippen molar-refractivity contribution in [2.24, 2.45) is 17.6 Å². The Morgan fingerprint density at radius 1 is 1.47 bits per heavy atom. The lowest BCUT2D eigenvalue weighted by molar-refractivity contribution is -0.127. The number of nitrogens with zero attached hydrogens (tertiary/aromatic N) is 1. The van der Waals surface area contributed by atoms with Crippen LogP contribution in [0.25, 0.3) is 0 Å². The highest BCUT2D eigenvalue weighted by atomic mass is 16.2. The summed E-state index contributed by atoms with van der Waals surface area (Å²) in [6, 6.07) is 0.253. The van der Waals surface area contributed by atoms with E-state index in [1.165, 1.54) is 0 Å². The molecule has 1 fully saturated rings. The molecule has 1 amide bonds. The lowest BCUT2D eigenvalue weighted by Crippen LogP contribution is -2.28. The number of carbonyl (C=O) groups is 1. The first kappa shape index (κ1) is 12.5. The van der Waals surface area contributed by atoms with Gasteiger partial charge in [0.05, 0.1) is 0 Å². The molecule has 0 saturated carbocycles. The van der Waals surface area contributed by atoms with Gasteiger partial charge in [-0.1, -0.05) is 13.8 Å². The summed E-state index contributed by atoms with van der Waals surface area (Å²) in [5, 5.41) is 0. The average Bonchev–Trinajstić information content (AvgIpc) is 2.47. The van der Waals surface area contributed by atoms with Gasteiger partial charge in [-0.25, -0.2) is 0 Å². The van der Waals surface area contributed by atoms with Gasteiger partial charge < -0.3 is 10.6 Å². The SMILES string of the molecule is CC(N)CCCN1CC(C(C)C)CC1=O. The van der Waals surface area contributed by atoms with Gasteiger partial charge in [-0.15, -0.1) is 0 Å². The first-order valence-corrected chi connectivity index (χ1v) is 6.04. The lowest BCUT2D eigenvalue weighted by atomic mass is 9.95. The quantitative estimate of drug-likeness (QED) is 0.752. The molecule has 2 N–H and O–H groups in total. The molecular weight excluding hydrogens is 188 g/mol. The third-order valence-corrected chi connectivity index (χ3v) is 3.27. The smallest absolute Gasteiger partial charge is 0.222 e. The van der Waals surface area contributed by atoms with Crippen LogP contribution in [-0.4, -0.2) is 29.9 Å². The Labute approximate surface area is 93.0 Å². The van der Waals surface area contributed by atoms with Crippen molar-refractivity contribution in [3.05, 3.63) is 0 Å². The van der Waals surface area contributed by atoms with Gasteiger partial charge in [0.15, 0.2) is 0 Å². The first-order valence-electron chi connectivity index (χ1n) is 6.04. The molecule has 1 aliphatic rings. The molecule has 1 rings (SSSR count). The molecule has 2 atom stereocenters. The number of rotatable bonds is 5. The predicted octanol–water partition coefficient (Wildman–Crippen LogP) is 1.62. The Balaban J connectivity index is 2.28. The molecule has 0 radical (unpaired) electrons. The second-order valence-corrected chi connectivity index (χ2v) is 5.17. The molecule has 0 aromatic rings. The highest BCUT2D eigenvalue weighted by Gasteiger charge is 2.30. The van der Waals surface area contributed by atoms with E-state index in [1.807, 2.05) is 11.8 Å². The van der Waals surface area contributed by atoms with E-state index in [0.717, 1.165) is 32.4 Å². The second-order valence-electron chi connectivity index (χ2n) is 5.17. The molecule has 15 heavy (non-hydrogen) atoms. The van der Waals surface area contributed by atoms with E-state index in [4.69, 9.17) is 5.73 Å². The van der Waals surface area contributed by atoms with Gasteiger partial charge in [-0.2, -0.15) is 0 Å². The van der Waals surface area contributed by atoms with Crippen molar-refractivity contribution < 1.29 is 4.79 Å². The Morgan fingerprint density at radius 2 is 2.13 bits per heavy atom. The highest BCUT2D eigenvalue weighted by molar-refractivity contribution is 5.78. The van der Waals surface area contributed by atoms with Crippen LogP contribution in [0.5, 0.6) is 0 Å². The van der Waals surface area contributed by atoms with Gasteiger partial charge >= 0.3 is 0 Å². The van der Waals surface area contributed by atoms with E-state index in [9.17, 15) is 4.79 Å². The van der Waals surface area contributed by atoms with Crippen molar-refractivity contribution in [1.82, 2.24) is 4.90 Å². The molecule has 88 valence electrons. The normalized spacial score (nSPS) is 23.9. The Morgan fingerprint density at radius 3 is 2.60 bits per heavy atom. The summed E-state index contributed by atoms with van der Waals surface area (Å²) in [7, 11) is 0. The molecule has 1 saturated heterocycles. The summed E-state index contributed by atoms with van der Waals surface area (Å²) >= 11 is 0. The summed E-state index contributed by atoms with van der Waals surface area (Å²) in [6.45, 7) is 8.26. The Kier molecular flexibility index (Phi) is 4.58. The van der Waals surface area contributed by atoms with E-state index in [0.29, 0.717) is 17.7 Å². The van der Waals surface area contributed by atoms with Crippen LogP contribution in [-0.2, 0) is 4.79 Å². The fourth-order valence-corrected chi connectivity index (χ4v) is 2.07. The number of nitrogens with two attached hydrogens (primary N) is 1. The van der Waals surface area contributed by atoms with Crippen molar-refractivity contribution in [3.8, 4) is 0 Å². The topological polar surface area (TPSA) is 46.3 Å². The number of hydrogen-bond donors (Lipinski definition) is 1. The predicted molar refractivity (Wildman–Crippen MR) is 62.4 cm³/mol. The van der Waals surface area contributed by atoms with Gasteiger partial charge in [-0.05, 0) is 31.6 Å². The third kappa shape index (κ3) is 3.82. The number of likely N-dealkylation sites (tertiary alicyclic amines) is 1. The van der Waals surface area contributed by atoms with Gasteiger partial charge in [0, 0.05) is 25.6 Å². The van der Waals surface area contributed by atoms with E-state index >= 15 is 0 Å². The van der Waals surface area contributed by atoms with E-state index < -0.39 is 0 Å². The van der Waals surface area contributed by atoms with Crippen LogP contribution in [0.4, 0.5) is 0 Å². The monoisotopic (exact) mass is 212 g/mol. The van der Waals surface area contributed by atoms with Crippen molar-refractivity contribution in [1.29, 1.82) is 0 Å². The largest absolute Gasteiger partial charge is 0.342 e. The van der Waals surface area contributed by atoms with Gasteiger partial charge in [0.2, 0.25) is 5.91 Å².